The Hall–Kier alpha value is -4.11. The van der Waals surface area contributed by atoms with E-state index in [0.29, 0.717) is 27.9 Å². The van der Waals surface area contributed by atoms with Gasteiger partial charge in [0.05, 0.1) is 23.6 Å². The summed E-state index contributed by atoms with van der Waals surface area (Å²) in [6.45, 7) is 0.136. The van der Waals surface area contributed by atoms with Gasteiger partial charge in [-0.05, 0) is 35.9 Å². The molecule has 10 heteroatoms. The fraction of sp³-hybridized carbons (Fsp3) is 0.0909. The smallest absolute Gasteiger partial charge is 0.279 e. The van der Waals surface area contributed by atoms with Gasteiger partial charge >= 0.3 is 0 Å². The lowest BCUT2D eigenvalue weighted by atomic mass is 10.1. The second kappa shape index (κ2) is 8.56. The van der Waals surface area contributed by atoms with Crippen molar-refractivity contribution >= 4 is 35.2 Å². The lowest BCUT2D eigenvalue weighted by Gasteiger charge is -2.15. The van der Waals surface area contributed by atoms with Crippen LogP contribution in [0.5, 0.6) is 5.75 Å². The molecule has 1 aliphatic heterocycles. The summed E-state index contributed by atoms with van der Waals surface area (Å²) >= 11 is 6.17. The van der Waals surface area contributed by atoms with E-state index in [9.17, 15) is 14.9 Å². The maximum absolute atomic E-state index is 12.8. The van der Waals surface area contributed by atoms with Crippen molar-refractivity contribution in [3.05, 3.63) is 86.8 Å². The number of nitrogens with two attached hydrogens (primary N) is 1. The lowest BCUT2D eigenvalue weighted by molar-refractivity contribution is -0.384. The minimum atomic E-state index is -0.487. The van der Waals surface area contributed by atoms with Crippen LogP contribution >= 0.6 is 11.6 Å². The number of furan rings is 1. The summed E-state index contributed by atoms with van der Waals surface area (Å²) in [5.74, 6) is 1.17. The zero-order chi connectivity index (χ0) is 22.8. The fourth-order valence-electron chi connectivity index (χ4n) is 3.17. The van der Waals surface area contributed by atoms with E-state index in [1.165, 1.54) is 30.2 Å². The molecule has 0 atom stereocenters. The first-order chi connectivity index (χ1) is 15.4. The van der Waals surface area contributed by atoms with Crippen LogP contribution in [0.15, 0.2) is 69.7 Å². The van der Waals surface area contributed by atoms with Crippen LogP contribution in [-0.4, -0.2) is 28.8 Å². The molecule has 2 heterocycles. The normalized spacial score (nSPS) is 14.7. The van der Waals surface area contributed by atoms with E-state index in [-0.39, 0.29) is 23.9 Å². The number of nitrogens with zero attached hydrogens (tertiary/aromatic N) is 3. The molecule has 0 fully saturated rings. The summed E-state index contributed by atoms with van der Waals surface area (Å²) < 4.78 is 11.0. The van der Waals surface area contributed by atoms with Crippen molar-refractivity contribution in [1.82, 2.24) is 4.90 Å². The van der Waals surface area contributed by atoms with Gasteiger partial charge in [0.15, 0.2) is 0 Å². The molecule has 0 saturated carbocycles. The summed E-state index contributed by atoms with van der Waals surface area (Å²) in [5, 5.41) is 11.2. The van der Waals surface area contributed by atoms with Crippen molar-refractivity contribution in [2.24, 2.45) is 10.7 Å². The van der Waals surface area contributed by atoms with E-state index in [4.69, 9.17) is 26.5 Å². The molecule has 32 heavy (non-hydrogen) atoms. The number of guanidine groups is 1. The minimum absolute atomic E-state index is 0.0320. The monoisotopic (exact) mass is 452 g/mol. The number of carbonyl (C=O) groups is 1. The SMILES string of the molecule is COc1ccc(-c2ccc(C=C3N=C(N)N(Cc4ccc([N+](=O)[O-])cc4)C3=O)o2)cc1Cl. The molecule has 0 spiro atoms. The molecule has 0 aliphatic carbocycles. The van der Waals surface area contributed by atoms with Crippen LogP contribution in [0.4, 0.5) is 5.69 Å². The van der Waals surface area contributed by atoms with E-state index in [1.54, 1.807) is 36.4 Å². The highest BCUT2D eigenvalue weighted by atomic mass is 35.5. The van der Waals surface area contributed by atoms with Crippen molar-refractivity contribution in [3.8, 4) is 17.1 Å². The summed E-state index contributed by atoms with van der Waals surface area (Å²) in [6.07, 6.45) is 1.50. The van der Waals surface area contributed by atoms with Gasteiger partial charge in [0.2, 0.25) is 5.96 Å². The molecule has 0 bridgehead atoms. The van der Waals surface area contributed by atoms with Gasteiger partial charge in [0, 0.05) is 23.8 Å². The van der Waals surface area contributed by atoms with Gasteiger partial charge in [-0.25, -0.2) is 4.99 Å². The standard InChI is InChI=1S/C22H17ClN4O5/c1-31-20-8-4-14(10-17(20)23)19-9-7-16(32-19)11-18-21(28)26(22(24)25-18)12-13-2-5-15(6-3-13)27(29)30/h2-11H,12H2,1H3,(H2,24,25). The van der Waals surface area contributed by atoms with Crippen molar-refractivity contribution < 1.29 is 18.9 Å². The molecule has 1 aromatic heterocycles. The zero-order valence-corrected chi connectivity index (χ0v) is 17.6. The molecule has 1 aliphatic rings. The summed E-state index contributed by atoms with van der Waals surface area (Å²) in [4.78, 5) is 28.5. The average molecular weight is 453 g/mol. The van der Waals surface area contributed by atoms with Crippen LogP contribution in [0, 0.1) is 10.1 Å². The van der Waals surface area contributed by atoms with Gasteiger partial charge in [0.25, 0.3) is 11.6 Å². The van der Waals surface area contributed by atoms with E-state index in [0.717, 1.165) is 5.56 Å². The van der Waals surface area contributed by atoms with Crippen LogP contribution in [0.1, 0.15) is 11.3 Å². The number of amides is 1. The van der Waals surface area contributed by atoms with Gasteiger partial charge in [-0.1, -0.05) is 23.7 Å². The first-order valence-electron chi connectivity index (χ1n) is 9.40. The number of non-ortho nitro benzene ring substituents is 1. The van der Waals surface area contributed by atoms with Crippen LogP contribution in [0.25, 0.3) is 17.4 Å². The molecule has 1 amide bonds. The Labute approximate surface area is 187 Å². The molecule has 3 aromatic rings. The number of hydrogen-bond acceptors (Lipinski definition) is 7. The van der Waals surface area contributed by atoms with Gasteiger partial charge < -0.3 is 14.9 Å². The van der Waals surface area contributed by atoms with Crippen molar-refractivity contribution in [2.75, 3.05) is 7.11 Å². The second-order valence-electron chi connectivity index (χ2n) is 6.87. The number of ether oxygens (including phenoxy) is 1. The van der Waals surface area contributed by atoms with Crippen LogP contribution in [-0.2, 0) is 11.3 Å². The van der Waals surface area contributed by atoms with Gasteiger partial charge in [-0.3, -0.25) is 19.8 Å². The molecule has 0 saturated heterocycles. The van der Waals surface area contributed by atoms with Gasteiger partial charge in [-0.15, -0.1) is 0 Å². The first kappa shape index (κ1) is 21.1. The predicted octanol–water partition coefficient (Wildman–Crippen LogP) is 4.21. The molecule has 9 nitrogen and oxygen atoms in total. The van der Waals surface area contributed by atoms with Crippen LogP contribution in [0.3, 0.4) is 0 Å². The largest absolute Gasteiger partial charge is 0.495 e. The summed E-state index contributed by atoms with van der Waals surface area (Å²) in [5.41, 5.74) is 7.45. The number of carbonyl (C=O) groups excluding carboxylic acids is 1. The number of rotatable bonds is 6. The number of methoxy groups -OCH3 is 1. The predicted molar refractivity (Wildman–Crippen MR) is 119 cm³/mol. The van der Waals surface area contributed by atoms with Crippen molar-refractivity contribution in [2.45, 2.75) is 6.54 Å². The van der Waals surface area contributed by atoms with Crippen molar-refractivity contribution in [1.29, 1.82) is 0 Å². The van der Waals surface area contributed by atoms with E-state index < -0.39 is 10.8 Å². The third-order valence-corrected chi connectivity index (χ3v) is 5.10. The van der Waals surface area contributed by atoms with Gasteiger partial charge in [0.1, 0.15) is 23.0 Å². The fourth-order valence-corrected chi connectivity index (χ4v) is 3.42. The highest BCUT2D eigenvalue weighted by Gasteiger charge is 2.29. The Balaban J connectivity index is 1.51. The lowest BCUT2D eigenvalue weighted by Crippen LogP contribution is -2.36. The summed E-state index contributed by atoms with van der Waals surface area (Å²) in [6, 6.07) is 14.6. The number of hydrogen-bond donors (Lipinski definition) is 1. The Morgan fingerprint density at radius 3 is 2.62 bits per heavy atom. The third-order valence-electron chi connectivity index (χ3n) is 4.81. The first-order valence-corrected chi connectivity index (χ1v) is 9.78. The van der Waals surface area contributed by atoms with Crippen LogP contribution in [0.2, 0.25) is 5.02 Å². The molecular formula is C22H17ClN4O5. The zero-order valence-electron chi connectivity index (χ0n) is 16.8. The Kier molecular flexibility index (Phi) is 5.65. The van der Waals surface area contributed by atoms with Crippen LogP contribution < -0.4 is 10.5 Å². The van der Waals surface area contributed by atoms with Gasteiger partial charge in [-0.2, -0.15) is 0 Å². The Morgan fingerprint density at radius 2 is 1.97 bits per heavy atom. The van der Waals surface area contributed by atoms with E-state index in [1.807, 2.05) is 6.07 Å². The number of nitro benzene ring substituents is 1. The Bertz CT molecular complexity index is 1260. The molecule has 162 valence electrons. The second-order valence-corrected chi connectivity index (χ2v) is 7.27. The average Bonchev–Trinajstić information content (AvgIpc) is 3.34. The molecule has 0 radical (unpaired) electrons. The number of nitro groups is 1. The third kappa shape index (κ3) is 4.19. The highest BCUT2D eigenvalue weighted by Crippen LogP contribution is 2.31. The molecule has 2 N–H and O–H groups in total. The van der Waals surface area contributed by atoms with Crippen molar-refractivity contribution in [3.63, 3.8) is 0 Å². The van der Waals surface area contributed by atoms with E-state index >= 15 is 0 Å². The maximum Gasteiger partial charge on any atom is 0.279 e. The molecule has 4 rings (SSSR count). The Morgan fingerprint density at radius 1 is 1.22 bits per heavy atom. The molecular weight excluding hydrogens is 436 g/mol. The quantitative estimate of drug-likeness (QED) is 0.339. The number of halogens is 1. The topological polar surface area (TPSA) is 124 Å². The maximum atomic E-state index is 12.8. The highest BCUT2D eigenvalue weighted by molar-refractivity contribution is 6.32. The number of benzene rings is 2. The number of aliphatic imine (C=N–C) groups is 1. The molecule has 2 aromatic carbocycles. The van der Waals surface area contributed by atoms with E-state index in [2.05, 4.69) is 4.99 Å². The summed E-state index contributed by atoms with van der Waals surface area (Å²) in [7, 11) is 1.54. The minimum Gasteiger partial charge on any atom is -0.495 e. The molecule has 0 unspecified atom stereocenters.